The van der Waals surface area contributed by atoms with Gasteiger partial charge >= 0.3 is 0 Å². The predicted molar refractivity (Wildman–Crippen MR) is 88.8 cm³/mol. The second-order valence-electron chi connectivity index (χ2n) is 5.93. The first-order valence-electron chi connectivity index (χ1n) is 8.33. The molecule has 0 radical (unpaired) electrons. The van der Waals surface area contributed by atoms with Gasteiger partial charge in [-0.15, -0.1) is 0 Å². The van der Waals surface area contributed by atoms with Crippen LogP contribution in [0.2, 0.25) is 0 Å². The third kappa shape index (κ3) is 5.43. The van der Waals surface area contributed by atoms with Crippen LogP contribution in [0.25, 0.3) is 0 Å². The molecule has 0 unspecified atom stereocenters. The Morgan fingerprint density at radius 2 is 1.95 bits per heavy atom. The fourth-order valence-electron chi connectivity index (χ4n) is 2.98. The molecular formula is C18H28N2O2. The van der Waals surface area contributed by atoms with E-state index < -0.39 is 0 Å². The lowest BCUT2D eigenvalue weighted by Crippen LogP contribution is -2.42. The fraction of sp³-hybridized carbons (Fsp3) is 0.611. The van der Waals surface area contributed by atoms with Crippen LogP contribution in [0.5, 0.6) is 0 Å². The van der Waals surface area contributed by atoms with Gasteiger partial charge < -0.3 is 15.0 Å². The summed E-state index contributed by atoms with van der Waals surface area (Å²) in [6, 6.07) is 10.5. The molecular weight excluding hydrogens is 276 g/mol. The van der Waals surface area contributed by atoms with Gasteiger partial charge in [-0.3, -0.25) is 4.79 Å². The number of methoxy groups -OCH3 is 1. The first-order valence-corrected chi connectivity index (χ1v) is 8.33. The van der Waals surface area contributed by atoms with E-state index in [-0.39, 0.29) is 5.92 Å². The van der Waals surface area contributed by atoms with Crippen LogP contribution in [0.1, 0.15) is 24.8 Å². The summed E-state index contributed by atoms with van der Waals surface area (Å²) in [4.78, 5) is 14.7. The summed E-state index contributed by atoms with van der Waals surface area (Å²) < 4.78 is 5.17. The zero-order valence-electron chi connectivity index (χ0n) is 13.6. The van der Waals surface area contributed by atoms with Crippen molar-refractivity contribution in [2.75, 3.05) is 39.9 Å². The van der Waals surface area contributed by atoms with Crippen LogP contribution in [0.4, 0.5) is 0 Å². The molecule has 4 heteroatoms. The van der Waals surface area contributed by atoms with E-state index in [0.717, 1.165) is 45.3 Å². The van der Waals surface area contributed by atoms with E-state index in [1.165, 1.54) is 5.56 Å². The van der Waals surface area contributed by atoms with Crippen molar-refractivity contribution in [3.63, 3.8) is 0 Å². The molecule has 0 spiro atoms. The summed E-state index contributed by atoms with van der Waals surface area (Å²) in [5.41, 5.74) is 1.34. The summed E-state index contributed by atoms with van der Waals surface area (Å²) >= 11 is 0. The van der Waals surface area contributed by atoms with Gasteiger partial charge in [0.25, 0.3) is 0 Å². The number of carbonyl (C=O) groups excluding carboxylic acids is 1. The molecule has 1 aliphatic rings. The maximum absolute atomic E-state index is 12.7. The number of hydrogen-bond donors (Lipinski definition) is 1. The van der Waals surface area contributed by atoms with Crippen LogP contribution < -0.4 is 5.32 Å². The van der Waals surface area contributed by atoms with Crippen molar-refractivity contribution in [1.29, 1.82) is 0 Å². The lowest BCUT2D eigenvalue weighted by Gasteiger charge is -2.29. The van der Waals surface area contributed by atoms with Gasteiger partial charge in [-0.1, -0.05) is 30.3 Å². The monoisotopic (exact) mass is 304 g/mol. The number of benzene rings is 1. The molecule has 1 aromatic carbocycles. The highest BCUT2D eigenvalue weighted by atomic mass is 16.5. The lowest BCUT2D eigenvalue weighted by molar-refractivity contribution is -0.137. The molecule has 4 nitrogen and oxygen atoms in total. The first kappa shape index (κ1) is 17.0. The molecule has 0 bridgehead atoms. The van der Waals surface area contributed by atoms with E-state index in [9.17, 15) is 4.79 Å². The average molecular weight is 304 g/mol. The molecule has 1 N–H and O–H groups in total. The van der Waals surface area contributed by atoms with Gasteiger partial charge in [-0.05, 0) is 44.3 Å². The van der Waals surface area contributed by atoms with Crippen molar-refractivity contribution in [3.8, 4) is 0 Å². The van der Waals surface area contributed by atoms with Crippen molar-refractivity contribution >= 4 is 5.91 Å². The van der Waals surface area contributed by atoms with Crippen LogP contribution in [0.3, 0.4) is 0 Å². The topological polar surface area (TPSA) is 41.6 Å². The number of rotatable bonds is 8. The summed E-state index contributed by atoms with van der Waals surface area (Å²) in [7, 11) is 1.69. The standard InChI is InChI=1S/C18H28N2O2/c1-22-15-14-20(18(21)17-9-11-19-12-10-17)13-5-8-16-6-3-2-4-7-16/h2-4,6-7,17,19H,5,8-15H2,1H3. The number of aryl methyl sites for hydroxylation is 1. The minimum absolute atomic E-state index is 0.190. The van der Waals surface area contributed by atoms with Crippen molar-refractivity contribution in [3.05, 3.63) is 35.9 Å². The Kier molecular flexibility index (Phi) is 7.40. The number of hydrogen-bond acceptors (Lipinski definition) is 3. The van der Waals surface area contributed by atoms with Crippen molar-refractivity contribution in [2.24, 2.45) is 5.92 Å². The number of nitrogens with zero attached hydrogens (tertiary/aromatic N) is 1. The van der Waals surface area contributed by atoms with Crippen LogP contribution >= 0.6 is 0 Å². The SMILES string of the molecule is COCCN(CCCc1ccccc1)C(=O)C1CCNCC1. The van der Waals surface area contributed by atoms with Crippen molar-refractivity contribution < 1.29 is 9.53 Å². The molecule has 1 aliphatic heterocycles. The highest BCUT2D eigenvalue weighted by Gasteiger charge is 2.25. The number of amides is 1. The summed E-state index contributed by atoms with van der Waals surface area (Å²) in [5.74, 6) is 0.501. The van der Waals surface area contributed by atoms with Gasteiger partial charge in [-0.2, -0.15) is 0 Å². The normalized spacial score (nSPS) is 15.7. The van der Waals surface area contributed by atoms with Gasteiger partial charge in [0, 0.05) is 26.1 Å². The molecule has 0 aliphatic carbocycles. The van der Waals surface area contributed by atoms with Gasteiger partial charge in [0.2, 0.25) is 5.91 Å². The van der Waals surface area contributed by atoms with Crippen LogP contribution in [0, 0.1) is 5.92 Å². The molecule has 1 aromatic rings. The Morgan fingerprint density at radius 3 is 2.64 bits per heavy atom. The average Bonchev–Trinajstić information content (AvgIpc) is 2.59. The van der Waals surface area contributed by atoms with Crippen molar-refractivity contribution in [2.45, 2.75) is 25.7 Å². The zero-order valence-corrected chi connectivity index (χ0v) is 13.6. The number of ether oxygens (including phenoxy) is 1. The molecule has 0 atom stereocenters. The van der Waals surface area contributed by atoms with E-state index in [4.69, 9.17) is 4.74 Å². The highest BCUT2D eigenvalue weighted by Crippen LogP contribution is 2.16. The minimum atomic E-state index is 0.190. The maximum Gasteiger partial charge on any atom is 0.225 e. The van der Waals surface area contributed by atoms with Crippen LogP contribution in [-0.4, -0.2) is 50.7 Å². The summed E-state index contributed by atoms with van der Waals surface area (Å²) in [6.07, 6.45) is 3.94. The fourth-order valence-corrected chi connectivity index (χ4v) is 2.98. The summed E-state index contributed by atoms with van der Waals surface area (Å²) in [6.45, 7) is 4.05. The molecule has 0 aromatic heterocycles. The highest BCUT2D eigenvalue weighted by molar-refractivity contribution is 5.79. The van der Waals surface area contributed by atoms with E-state index in [0.29, 0.717) is 19.1 Å². The Bertz CT molecular complexity index is 430. The molecule has 0 saturated carbocycles. The second-order valence-corrected chi connectivity index (χ2v) is 5.93. The van der Waals surface area contributed by atoms with Gasteiger partial charge in [-0.25, -0.2) is 0 Å². The Morgan fingerprint density at radius 1 is 1.23 bits per heavy atom. The molecule has 1 saturated heterocycles. The maximum atomic E-state index is 12.7. The van der Waals surface area contributed by atoms with Crippen LogP contribution in [-0.2, 0) is 16.0 Å². The van der Waals surface area contributed by atoms with Gasteiger partial charge in [0.05, 0.1) is 6.61 Å². The quantitative estimate of drug-likeness (QED) is 0.799. The van der Waals surface area contributed by atoms with E-state index in [1.54, 1.807) is 7.11 Å². The third-order valence-electron chi connectivity index (χ3n) is 4.30. The molecule has 22 heavy (non-hydrogen) atoms. The minimum Gasteiger partial charge on any atom is -0.383 e. The number of carbonyl (C=O) groups is 1. The number of piperidine rings is 1. The Hall–Kier alpha value is -1.39. The van der Waals surface area contributed by atoms with Gasteiger partial charge in [0.15, 0.2) is 0 Å². The Labute approximate surface area is 133 Å². The number of nitrogens with one attached hydrogen (secondary N) is 1. The predicted octanol–water partition coefficient (Wildman–Crippen LogP) is 2.09. The first-order chi connectivity index (χ1) is 10.8. The molecule has 1 amide bonds. The molecule has 122 valence electrons. The van der Waals surface area contributed by atoms with E-state index >= 15 is 0 Å². The molecule has 2 rings (SSSR count). The molecule has 1 fully saturated rings. The smallest absolute Gasteiger partial charge is 0.225 e. The zero-order chi connectivity index (χ0) is 15.6. The lowest BCUT2D eigenvalue weighted by atomic mass is 9.96. The Balaban J connectivity index is 1.83. The van der Waals surface area contributed by atoms with Crippen molar-refractivity contribution in [1.82, 2.24) is 10.2 Å². The van der Waals surface area contributed by atoms with E-state index in [1.807, 2.05) is 11.0 Å². The summed E-state index contributed by atoms with van der Waals surface area (Å²) in [5, 5.41) is 3.32. The second kappa shape index (κ2) is 9.59. The molecule has 1 heterocycles. The van der Waals surface area contributed by atoms with Crippen LogP contribution in [0.15, 0.2) is 30.3 Å². The third-order valence-corrected chi connectivity index (χ3v) is 4.30. The largest absolute Gasteiger partial charge is 0.383 e. The van der Waals surface area contributed by atoms with E-state index in [2.05, 4.69) is 29.6 Å². The van der Waals surface area contributed by atoms with Gasteiger partial charge in [0.1, 0.15) is 0 Å².